The molecule has 0 bridgehead atoms. The predicted molar refractivity (Wildman–Crippen MR) is 107 cm³/mol. The Morgan fingerprint density at radius 2 is 1.97 bits per heavy atom. The number of nitrogens with one attached hydrogen (secondary N) is 1. The zero-order valence-electron chi connectivity index (χ0n) is 16.5. The maximum atomic E-state index is 13.8. The average molecular weight is 451 g/mol. The molecule has 1 amide bonds. The Morgan fingerprint density at radius 1 is 1.22 bits per heavy atom. The highest BCUT2D eigenvalue weighted by atomic mass is 19.4. The molecule has 168 valence electrons. The lowest BCUT2D eigenvalue weighted by Gasteiger charge is -2.37. The summed E-state index contributed by atoms with van der Waals surface area (Å²) in [4.78, 5) is 21.7. The molecular formula is C21H18F5N5O. The topological polar surface area (TPSA) is 84.1 Å². The lowest BCUT2D eigenvalue weighted by Crippen LogP contribution is -2.50. The first-order valence-corrected chi connectivity index (χ1v) is 9.66. The number of primary amides is 1. The van der Waals surface area contributed by atoms with Gasteiger partial charge in [0.1, 0.15) is 24.1 Å². The van der Waals surface area contributed by atoms with Crippen LogP contribution in [0.1, 0.15) is 27.5 Å². The van der Waals surface area contributed by atoms with Crippen LogP contribution in [0.15, 0.2) is 42.7 Å². The number of carbonyl (C=O) groups excluding carboxylic acids is 1. The normalized spacial score (nSPS) is 16.0. The van der Waals surface area contributed by atoms with E-state index in [0.717, 1.165) is 12.1 Å². The van der Waals surface area contributed by atoms with Crippen molar-refractivity contribution in [3.05, 3.63) is 65.2 Å². The molecule has 6 nitrogen and oxygen atoms in total. The van der Waals surface area contributed by atoms with Gasteiger partial charge in [0, 0.05) is 25.0 Å². The summed E-state index contributed by atoms with van der Waals surface area (Å²) in [6.07, 6.45) is -4.68. The Hall–Kier alpha value is -3.34. The second kappa shape index (κ2) is 8.30. The molecule has 0 unspecified atom stereocenters. The van der Waals surface area contributed by atoms with E-state index in [2.05, 4.69) is 15.3 Å². The zero-order chi connectivity index (χ0) is 23.0. The molecule has 1 aliphatic rings. The van der Waals surface area contributed by atoms with Gasteiger partial charge in [0.15, 0.2) is 0 Å². The summed E-state index contributed by atoms with van der Waals surface area (Å²) in [6, 6.07) is 6.66. The van der Waals surface area contributed by atoms with Crippen LogP contribution in [0, 0.1) is 5.82 Å². The van der Waals surface area contributed by atoms with Crippen molar-refractivity contribution in [3.8, 4) is 0 Å². The summed E-state index contributed by atoms with van der Waals surface area (Å²) in [5, 5.41) is 3.49. The molecule has 1 saturated heterocycles. The number of alkyl halides is 4. The monoisotopic (exact) mass is 451 g/mol. The molecule has 11 heteroatoms. The van der Waals surface area contributed by atoms with Crippen LogP contribution in [0.25, 0.3) is 10.9 Å². The van der Waals surface area contributed by atoms with Crippen molar-refractivity contribution in [2.24, 2.45) is 5.73 Å². The van der Waals surface area contributed by atoms with Gasteiger partial charge in [-0.2, -0.15) is 13.2 Å². The maximum Gasteiger partial charge on any atom is 0.419 e. The highest BCUT2D eigenvalue weighted by Gasteiger charge is 2.35. The number of benzene rings is 2. The van der Waals surface area contributed by atoms with E-state index in [1.54, 1.807) is 17.0 Å². The molecule has 4 rings (SSSR count). The minimum Gasteiger partial charge on any atom is -0.366 e. The first-order chi connectivity index (χ1) is 15.1. The zero-order valence-corrected chi connectivity index (χ0v) is 16.5. The molecule has 32 heavy (non-hydrogen) atoms. The molecular weight excluding hydrogens is 433 g/mol. The number of anilines is 1. The largest absolute Gasteiger partial charge is 0.419 e. The van der Waals surface area contributed by atoms with Crippen LogP contribution in [-0.2, 0) is 6.18 Å². The average Bonchev–Trinajstić information content (AvgIpc) is 2.71. The number of fused-ring (bicyclic) bond motifs is 1. The fourth-order valence-electron chi connectivity index (χ4n) is 3.69. The Bertz CT molecular complexity index is 1160. The molecule has 1 aromatic heterocycles. The standard InChI is InChI=1S/C21H18F5N5O/c22-12-7-31(8-12)9-17(11-4-5-16(23)15(6-11)21(24,25)26)30-20-14-3-1-2-13(19(27)32)18(14)28-10-29-20/h1-6,10,12,17H,7-9H2,(H2,27,32)(H,28,29,30)/t17-/m1/s1. The number of para-hydroxylation sites is 1. The lowest BCUT2D eigenvalue weighted by molar-refractivity contribution is -0.140. The fourth-order valence-corrected chi connectivity index (χ4v) is 3.69. The van der Waals surface area contributed by atoms with Gasteiger partial charge in [0.05, 0.1) is 22.7 Å². The van der Waals surface area contributed by atoms with Crippen molar-refractivity contribution in [1.82, 2.24) is 14.9 Å². The Morgan fingerprint density at radius 3 is 2.62 bits per heavy atom. The van der Waals surface area contributed by atoms with E-state index in [4.69, 9.17) is 5.73 Å². The quantitative estimate of drug-likeness (QED) is 0.559. The first kappa shape index (κ1) is 21.9. The number of nitrogens with two attached hydrogens (primary N) is 1. The summed E-state index contributed by atoms with van der Waals surface area (Å²) < 4.78 is 66.9. The molecule has 0 radical (unpaired) electrons. The van der Waals surface area contributed by atoms with E-state index in [1.165, 1.54) is 18.5 Å². The van der Waals surface area contributed by atoms with Crippen LogP contribution in [0.5, 0.6) is 0 Å². The van der Waals surface area contributed by atoms with E-state index in [-0.39, 0.29) is 42.1 Å². The third-order valence-electron chi connectivity index (χ3n) is 5.29. The van der Waals surface area contributed by atoms with E-state index in [9.17, 15) is 26.7 Å². The van der Waals surface area contributed by atoms with E-state index >= 15 is 0 Å². The summed E-state index contributed by atoms with van der Waals surface area (Å²) in [5.41, 5.74) is 4.59. The van der Waals surface area contributed by atoms with Crippen LogP contribution >= 0.6 is 0 Å². The number of nitrogens with zero attached hydrogens (tertiary/aromatic N) is 3. The smallest absolute Gasteiger partial charge is 0.366 e. The van der Waals surface area contributed by atoms with Gasteiger partial charge in [-0.15, -0.1) is 0 Å². The Kier molecular flexibility index (Phi) is 5.68. The van der Waals surface area contributed by atoms with E-state index in [0.29, 0.717) is 5.39 Å². The second-order valence-corrected chi connectivity index (χ2v) is 7.54. The van der Waals surface area contributed by atoms with Crippen molar-refractivity contribution in [3.63, 3.8) is 0 Å². The molecule has 0 spiro atoms. The molecule has 3 aromatic rings. The molecule has 1 aliphatic heterocycles. The van der Waals surface area contributed by atoms with Crippen molar-refractivity contribution in [2.75, 3.05) is 25.0 Å². The van der Waals surface area contributed by atoms with Gasteiger partial charge in [0.25, 0.3) is 5.91 Å². The van der Waals surface area contributed by atoms with Gasteiger partial charge in [0.2, 0.25) is 0 Å². The van der Waals surface area contributed by atoms with Gasteiger partial charge in [-0.25, -0.2) is 18.7 Å². The van der Waals surface area contributed by atoms with Crippen molar-refractivity contribution >= 4 is 22.6 Å². The summed E-state index contributed by atoms with van der Waals surface area (Å²) >= 11 is 0. The Labute approximate surface area is 179 Å². The van der Waals surface area contributed by atoms with Crippen molar-refractivity contribution < 1.29 is 26.7 Å². The predicted octanol–water partition coefficient (Wildman–Crippen LogP) is 3.69. The molecule has 2 heterocycles. The number of rotatable bonds is 6. The SMILES string of the molecule is NC(=O)c1cccc2c(N[C@H](CN3CC(F)C3)c3ccc(F)c(C(F)(F)F)c3)ncnc12. The molecule has 2 aromatic carbocycles. The molecule has 1 fully saturated rings. The number of hydrogen-bond donors (Lipinski definition) is 2. The lowest BCUT2D eigenvalue weighted by atomic mass is 10.0. The van der Waals surface area contributed by atoms with E-state index < -0.39 is 35.7 Å². The minimum atomic E-state index is -4.87. The van der Waals surface area contributed by atoms with Gasteiger partial charge < -0.3 is 11.1 Å². The number of hydrogen-bond acceptors (Lipinski definition) is 5. The fraction of sp³-hybridized carbons (Fsp3) is 0.286. The maximum absolute atomic E-state index is 13.8. The molecule has 1 atom stereocenters. The first-order valence-electron chi connectivity index (χ1n) is 9.66. The van der Waals surface area contributed by atoms with Crippen LogP contribution in [0.2, 0.25) is 0 Å². The second-order valence-electron chi connectivity index (χ2n) is 7.54. The third-order valence-corrected chi connectivity index (χ3v) is 5.29. The van der Waals surface area contributed by atoms with E-state index in [1.807, 2.05) is 0 Å². The van der Waals surface area contributed by atoms with Crippen LogP contribution in [0.3, 0.4) is 0 Å². The number of aromatic nitrogens is 2. The summed E-state index contributed by atoms with van der Waals surface area (Å²) in [6.45, 7) is 0.439. The van der Waals surface area contributed by atoms with Gasteiger partial charge in [-0.1, -0.05) is 12.1 Å². The highest BCUT2D eigenvalue weighted by Crippen LogP contribution is 2.34. The van der Waals surface area contributed by atoms with Crippen molar-refractivity contribution in [1.29, 1.82) is 0 Å². The number of carbonyl (C=O) groups is 1. The Balaban J connectivity index is 1.74. The third kappa shape index (κ3) is 4.33. The summed E-state index contributed by atoms with van der Waals surface area (Å²) in [7, 11) is 0. The van der Waals surface area contributed by atoms with Crippen LogP contribution < -0.4 is 11.1 Å². The summed E-state index contributed by atoms with van der Waals surface area (Å²) in [5.74, 6) is -1.83. The molecule has 3 N–H and O–H groups in total. The highest BCUT2D eigenvalue weighted by molar-refractivity contribution is 6.06. The van der Waals surface area contributed by atoms with Crippen LogP contribution in [-0.4, -0.2) is 46.6 Å². The van der Waals surface area contributed by atoms with Crippen molar-refractivity contribution in [2.45, 2.75) is 18.4 Å². The van der Waals surface area contributed by atoms with Gasteiger partial charge in [-0.05, 0) is 29.8 Å². The number of amides is 1. The number of likely N-dealkylation sites (tertiary alicyclic amines) is 1. The minimum absolute atomic E-state index is 0.141. The molecule has 0 saturated carbocycles. The number of halogens is 5. The van der Waals surface area contributed by atoms with Gasteiger partial charge >= 0.3 is 6.18 Å². The molecule has 0 aliphatic carbocycles. The van der Waals surface area contributed by atoms with Gasteiger partial charge in [-0.3, -0.25) is 9.69 Å². The van der Waals surface area contributed by atoms with Crippen LogP contribution in [0.4, 0.5) is 27.8 Å².